The van der Waals surface area contributed by atoms with Gasteiger partial charge in [0, 0.05) is 18.9 Å². The van der Waals surface area contributed by atoms with Gasteiger partial charge >= 0.3 is 0 Å². The molecule has 6 nitrogen and oxygen atoms in total. The molecule has 1 aromatic heterocycles. The third-order valence-corrected chi connectivity index (χ3v) is 4.68. The maximum Gasteiger partial charge on any atom is 0.224 e. The van der Waals surface area contributed by atoms with Gasteiger partial charge in [0.15, 0.2) is 5.82 Å². The number of carbonyl (C=O) groups is 1. The molecule has 0 aromatic carbocycles. The van der Waals surface area contributed by atoms with E-state index in [0.717, 1.165) is 50.3 Å². The molecule has 1 unspecified atom stereocenters. The van der Waals surface area contributed by atoms with Gasteiger partial charge in [-0.15, -0.1) is 35.0 Å². The van der Waals surface area contributed by atoms with E-state index in [-0.39, 0.29) is 42.7 Å². The van der Waals surface area contributed by atoms with Crippen molar-refractivity contribution in [3.05, 3.63) is 11.6 Å². The van der Waals surface area contributed by atoms with E-state index in [1.165, 1.54) is 0 Å². The summed E-state index contributed by atoms with van der Waals surface area (Å²) in [5.41, 5.74) is 5.75. The molecule has 0 bridgehead atoms. The number of nitrogens with zero attached hydrogens (tertiary/aromatic N) is 3. The topological polar surface area (TPSA) is 85.8 Å². The molecule has 1 amide bonds. The monoisotopic (exact) mass is 349 g/mol. The van der Waals surface area contributed by atoms with Crippen LogP contribution in [0.15, 0.2) is 0 Å². The minimum atomic E-state index is -0.0825. The average molecular weight is 350 g/mol. The van der Waals surface area contributed by atoms with Crippen molar-refractivity contribution in [2.75, 3.05) is 6.54 Å². The van der Waals surface area contributed by atoms with Gasteiger partial charge in [-0.3, -0.25) is 4.79 Å². The molecule has 1 fully saturated rings. The molecule has 3 atom stereocenters. The molecule has 1 aromatic rings. The second-order valence-electron chi connectivity index (χ2n) is 5.99. The highest BCUT2D eigenvalue weighted by Crippen LogP contribution is 2.31. The van der Waals surface area contributed by atoms with Crippen molar-refractivity contribution in [3.8, 4) is 0 Å². The number of hydrogen-bond acceptors (Lipinski definition) is 4. The zero-order valence-electron chi connectivity index (χ0n) is 12.8. The van der Waals surface area contributed by atoms with Gasteiger partial charge in [0.2, 0.25) is 5.91 Å². The normalized spacial score (nSPS) is 24.1. The fraction of sp³-hybridized carbons (Fsp3) is 0.786. The SMILES string of the molecule is CC(NC(=O)[C@@H]1CCC[C@@H]1CN)c1nnc2n1CCC2.Cl.Cl. The molecule has 22 heavy (non-hydrogen) atoms. The summed E-state index contributed by atoms with van der Waals surface area (Å²) >= 11 is 0. The number of halogens is 2. The van der Waals surface area contributed by atoms with E-state index in [2.05, 4.69) is 20.1 Å². The van der Waals surface area contributed by atoms with Crippen LogP contribution in [0.4, 0.5) is 0 Å². The molecule has 0 spiro atoms. The molecular weight excluding hydrogens is 325 g/mol. The third kappa shape index (κ3) is 3.55. The molecule has 0 radical (unpaired) electrons. The van der Waals surface area contributed by atoms with Crippen LogP contribution in [-0.4, -0.2) is 27.2 Å². The Bertz CT molecular complexity index is 507. The summed E-state index contributed by atoms with van der Waals surface area (Å²) in [6.07, 6.45) is 5.25. The van der Waals surface area contributed by atoms with Crippen molar-refractivity contribution in [2.24, 2.45) is 17.6 Å². The van der Waals surface area contributed by atoms with Crippen molar-refractivity contribution in [1.29, 1.82) is 0 Å². The van der Waals surface area contributed by atoms with Crippen molar-refractivity contribution in [1.82, 2.24) is 20.1 Å². The molecule has 0 saturated heterocycles. The van der Waals surface area contributed by atoms with Crippen molar-refractivity contribution < 1.29 is 4.79 Å². The van der Waals surface area contributed by atoms with Crippen LogP contribution in [0.2, 0.25) is 0 Å². The lowest BCUT2D eigenvalue weighted by atomic mass is 9.95. The second kappa shape index (κ2) is 8.13. The zero-order valence-corrected chi connectivity index (χ0v) is 14.5. The van der Waals surface area contributed by atoms with E-state index >= 15 is 0 Å². The Hall–Kier alpha value is -0.850. The van der Waals surface area contributed by atoms with Crippen molar-refractivity contribution in [2.45, 2.75) is 51.6 Å². The Labute approximate surface area is 143 Å². The van der Waals surface area contributed by atoms with E-state index < -0.39 is 0 Å². The number of aromatic nitrogens is 3. The van der Waals surface area contributed by atoms with Crippen LogP contribution in [0, 0.1) is 11.8 Å². The predicted octanol–water partition coefficient (Wildman–Crippen LogP) is 1.62. The highest BCUT2D eigenvalue weighted by molar-refractivity contribution is 5.85. The first-order valence-corrected chi connectivity index (χ1v) is 7.63. The van der Waals surface area contributed by atoms with Crippen molar-refractivity contribution in [3.63, 3.8) is 0 Å². The van der Waals surface area contributed by atoms with Crippen LogP contribution in [0.1, 0.15) is 50.3 Å². The maximum atomic E-state index is 12.4. The van der Waals surface area contributed by atoms with Gasteiger partial charge < -0.3 is 15.6 Å². The number of amides is 1. The van der Waals surface area contributed by atoms with Gasteiger partial charge in [0.1, 0.15) is 5.82 Å². The number of hydrogen-bond donors (Lipinski definition) is 2. The summed E-state index contributed by atoms with van der Waals surface area (Å²) in [5.74, 6) is 2.46. The van der Waals surface area contributed by atoms with Crippen LogP contribution >= 0.6 is 24.8 Å². The zero-order chi connectivity index (χ0) is 14.1. The standard InChI is InChI=1S/C14H23N5O.2ClH/c1-9(13-18-17-12-6-3-7-19(12)13)16-14(20)11-5-2-4-10(11)8-15;;/h9-11H,2-8,15H2,1H3,(H,16,20);2*1H/t9?,10-,11-;;/m1../s1. The second-order valence-corrected chi connectivity index (χ2v) is 5.99. The molecule has 3 rings (SSSR count). The molecule has 2 aliphatic rings. The lowest BCUT2D eigenvalue weighted by molar-refractivity contribution is -0.126. The van der Waals surface area contributed by atoms with Gasteiger partial charge in [-0.2, -0.15) is 0 Å². The smallest absolute Gasteiger partial charge is 0.224 e. The maximum absolute atomic E-state index is 12.4. The molecule has 1 aliphatic carbocycles. The van der Waals surface area contributed by atoms with Gasteiger partial charge in [0.25, 0.3) is 0 Å². The van der Waals surface area contributed by atoms with E-state index in [4.69, 9.17) is 5.73 Å². The quantitative estimate of drug-likeness (QED) is 0.864. The molecule has 8 heteroatoms. The first kappa shape index (κ1) is 19.2. The Balaban J connectivity index is 0.00000121. The Morgan fingerprint density at radius 2 is 2.14 bits per heavy atom. The van der Waals surface area contributed by atoms with Gasteiger partial charge in [-0.05, 0) is 38.6 Å². The number of aryl methyl sites for hydroxylation is 1. The average Bonchev–Trinajstić information content (AvgIpc) is 3.13. The molecule has 126 valence electrons. The summed E-state index contributed by atoms with van der Waals surface area (Å²) in [6.45, 7) is 3.56. The Morgan fingerprint density at radius 3 is 2.86 bits per heavy atom. The summed E-state index contributed by atoms with van der Waals surface area (Å²) in [4.78, 5) is 12.4. The first-order chi connectivity index (χ1) is 9.70. The molecular formula is C14H25Cl2N5O. The van der Waals surface area contributed by atoms with Gasteiger partial charge in [-0.25, -0.2) is 0 Å². The fourth-order valence-corrected chi connectivity index (χ4v) is 3.54. The van der Waals surface area contributed by atoms with E-state index in [0.29, 0.717) is 12.5 Å². The summed E-state index contributed by atoms with van der Waals surface area (Å²) in [5, 5.41) is 11.5. The fourth-order valence-electron chi connectivity index (χ4n) is 3.54. The van der Waals surface area contributed by atoms with Crippen LogP contribution in [-0.2, 0) is 17.8 Å². The lowest BCUT2D eigenvalue weighted by Gasteiger charge is -2.20. The van der Waals surface area contributed by atoms with Gasteiger partial charge in [-0.1, -0.05) is 6.42 Å². The van der Waals surface area contributed by atoms with Crippen LogP contribution in [0.25, 0.3) is 0 Å². The largest absolute Gasteiger partial charge is 0.346 e. The van der Waals surface area contributed by atoms with Crippen LogP contribution < -0.4 is 11.1 Å². The van der Waals surface area contributed by atoms with Gasteiger partial charge in [0.05, 0.1) is 6.04 Å². The lowest BCUT2D eigenvalue weighted by Crippen LogP contribution is -2.37. The van der Waals surface area contributed by atoms with Crippen LogP contribution in [0.3, 0.4) is 0 Å². The summed E-state index contributed by atoms with van der Waals surface area (Å²) in [6, 6.07) is -0.0825. The summed E-state index contributed by atoms with van der Waals surface area (Å²) in [7, 11) is 0. The summed E-state index contributed by atoms with van der Waals surface area (Å²) < 4.78 is 2.14. The predicted molar refractivity (Wildman–Crippen MR) is 89.3 cm³/mol. The molecule has 1 saturated carbocycles. The third-order valence-electron chi connectivity index (χ3n) is 4.68. The molecule has 2 heterocycles. The van der Waals surface area contributed by atoms with E-state index in [1.807, 2.05) is 6.92 Å². The molecule has 1 aliphatic heterocycles. The Morgan fingerprint density at radius 1 is 1.36 bits per heavy atom. The highest BCUT2D eigenvalue weighted by atomic mass is 35.5. The van der Waals surface area contributed by atoms with Crippen LogP contribution in [0.5, 0.6) is 0 Å². The number of nitrogens with two attached hydrogens (primary N) is 1. The number of fused-ring (bicyclic) bond motifs is 1. The first-order valence-electron chi connectivity index (χ1n) is 7.63. The van der Waals surface area contributed by atoms with Crippen molar-refractivity contribution >= 4 is 30.7 Å². The molecule has 3 N–H and O–H groups in total. The number of nitrogens with one attached hydrogen (secondary N) is 1. The number of rotatable bonds is 4. The minimum absolute atomic E-state index is 0. The number of carbonyl (C=O) groups excluding carboxylic acids is 1. The highest BCUT2D eigenvalue weighted by Gasteiger charge is 2.33. The Kier molecular flexibility index (Phi) is 7.09. The minimum Gasteiger partial charge on any atom is -0.346 e. The van der Waals surface area contributed by atoms with E-state index in [1.54, 1.807) is 0 Å². The van der Waals surface area contributed by atoms with E-state index in [9.17, 15) is 4.79 Å².